The van der Waals surface area contributed by atoms with Crippen molar-refractivity contribution >= 4 is 0 Å². The zero-order valence-corrected chi connectivity index (χ0v) is 12.9. The zero-order valence-electron chi connectivity index (χ0n) is 12.9. The van der Waals surface area contributed by atoms with Gasteiger partial charge >= 0.3 is 0 Å². The Balaban J connectivity index is 2.32. The summed E-state index contributed by atoms with van der Waals surface area (Å²) in [6, 6.07) is 0. The Morgan fingerprint density at radius 1 is 0.588 bits per heavy atom. The van der Waals surface area contributed by atoms with E-state index in [0.717, 1.165) is 0 Å². The average molecular weight is 236 g/mol. The number of hydrogen-bond donors (Lipinski definition) is 0. The molecule has 1 spiro atoms. The third-order valence-electron chi connectivity index (χ3n) is 6.21. The van der Waals surface area contributed by atoms with E-state index in [-0.39, 0.29) is 0 Å². The lowest BCUT2D eigenvalue weighted by Gasteiger charge is -2.70. The van der Waals surface area contributed by atoms with Crippen LogP contribution in [0.2, 0.25) is 0 Å². The maximum atomic E-state index is 2.52. The third kappa shape index (κ3) is 1.96. The molecule has 2 aliphatic carbocycles. The minimum atomic E-state index is 0.551. The van der Waals surface area contributed by atoms with Gasteiger partial charge in [-0.15, -0.1) is 0 Å². The van der Waals surface area contributed by atoms with Crippen LogP contribution in [-0.2, 0) is 0 Å². The summed E-state index contributed by atoms with van der Waals surface area (Å²) in [5, 5.41) is 0. The molecule has 0 unspecified atom stereocenters. The van der Waals surface area contributed by atoms with Crippen LogP contribution in [0.5, 0.6) is 0 Å². The molecule has 0 aliphatic heterocycles. The molecule has 2 saturated carbocycles. The van der Waals surface area contributed by atoms with Crippen molar-refractivity contribution in [2.24, 2.45) is 21.7 Å². The van der Waals surface area contributed by atoms with Gasteiger partial charge in [0.25, 0.3) is 0 Å². The van der Waals surface area contributed by atoms with Crippen molar-refractivity contribution in [2.75, 3.05) is 0 Å². The van der Waals surface area contributed by atoms with Gasteiger partial charge in [0.1, 0.15) is 0 Å². The zero-order chi connectivity index (χ0) is 12.9. The van der Waals surface area contributed by atoms with E-state index in [1.807, 2.05) is 0 Å². The van der Waals surface area contributed by atoms with Gasteiger partial charge in [-0.2, -0.15) is 0 Å². The first-order chi connectivity index (χ1) is 7.62. The lowest BCUT2D eigenvalue weighted by molar-refractivity contribution is -0.211. The van der Waals surface area contributed by atoms with Gasteiger partial charge in [-0.25, -0.2) is 0 Å². The lowest BCUT2D eigenvalue weighted by atomic mass is 9.34. The van der Waals surface area contributed by atoms with Gasteiger partial charge < -0.3 is 0 Å². The molecule has 0 atom stereocenters. The topological polar surface area (TPSA) is 0 Å². The van der Waals surface area contributed by atoms with Gasteiger partial charge in [-0.3, -0.25) is 0 Å². The summed E-state index contributed by atoms with van der Waals surface area (Å²) < 4.78 is 0. The Hall–Kier alpha value is 0. The highest BCUT2D eigenvalue weighted by Gasteiger charge is 2.64. The quantitative estimate of drug-likeness (QED) is 0.498. The highest BCUT2D eigenvalue weighted by atomic mass is 14.7. The summed E-state index contributed by atoms with van der Waals surface area (Å²) in [6.07, 6.45) is 10.1. The molecule has 0 heteroatoms. The molecule has 0 aromatic heterocycles. The van der Waals surface area contributed by atoms with Crippen LogP contribution < -0.4 is 0 Å². The van der Waals surface area contributed by atoms with E-state index in [0.29, 0.717) is 21.7 Å². The van der Waals surface area contributed by atoms with Crippen molar-refractivity contribution in [1.29, 1.82) is 0 Å². The van der Waals surface area contributed by atoms with Crippen LogP contribution in [0.15, 0.2) is 0 Å². The van der Waals surface area contributed by atoms with Crippen molar-refractivity contribution < 1.29 is 0 Å². The minimum absolute atomic E-state index is 0.551. The highest BCUT2D eigenvalue weighted by Crippen LogP contribution is 2.73. The largest absolute Gasteiger partial charge is 0.0599 e. The molecule has 0 N–H and O–H groups in total. The number of hydrogen-bond acceptors (Lipinski definition) is 0. The molecule has 0 radical (unpaired) electrons. The van der Waals surface area contributed by atoms with Gasteiger partial charge in [0, 0.05) is 0 Å². The van der Waals surface area contributed by atoms with Crippen LogP contribution in [-0.4, -0.2) is 0 Å². The van der Waals surface area contributed by atoms with Crippen molar-refractivity contribution in [3.05, 3.63) is 0 Å². The van der Waals surface area contributed by atoms with Crippen LogP contribution in [0.4, 0.5) is 0 Å². The van der Waals surface area contributed by atoms with Crippen molar-refractivity contribution in [3.63, 3.8) is 0 Å². The standard InChI is InChI=1S/C17H32/c1-14(2)10-8-7-9-11-17(12-14)15(3,4)13-16(17,5)6/h7-13H2,1-6H3. The normalized spacial score (nSPS) is 33.5. The fourth-order valence-electron chi connectivity index (χ4n) is 5.61. The summed E-state index contributed by atoms with van der Waals surface area (Å²) >= 11 is 0. The molecule has 0 aromatic carbocycles. The Kier molecular flexibility index (Phi) is 2.96. The molecule has 0 bridgehead atoms. The minimum Gasteiger partial charge on any atom is -0.0599 e. The maximum absolute atomic E-state index is 2.52. The molecule has 0 nitrogen and oxygen atoms in total. The smallest absolute Gasteiger partial charge is 0.0190 e. The van der Waals surface area contributed by atoms with E-state index in [9.17, 15) is 0 Å². The van der Waals surface area contributed by atoms with Crippen LogP contribution in [0, 0.1) is 21.7 Å². The Morgan fingerprint density at radius 2 is 1.12 bits per heavy atom. The molecule has 0 saturated heterocycles. The van der Waals surface area contributed by atoms with E-state index in [1.54, 1.807) is 0 Å². The third-order valence-corrected chi connectivity index (χ3v) is 6.21. The summed E-state index contributed by atoms with van der Waals surface area (Å²) in [4.78, 5) is 0. The molecule has 0 aromatic rings. The van der Waals surface area contributed by atoms with E-state index in [4.69, 9.17) is 0 Å². The Labute approximate surface area is 109 Å². The molecular weight excluding hydrogens is 204 g/mol. The van der Waals surface area contributed by atoms with Crippen LogP contribution >= 0.6 is 0 Å². The molecular formula is C17H32. The molecule has 2 aliphatic rings. The average Bonchev–Trinajstić information content (AvgIpc) is 2.09. The monoisotopic (exact) mass is 236 g/mol. The first-order valence-electron chi connectivity index (χ1n) is 7.62. The summed E-state index contributed by atoms with van der Waals surface area (Å²) in [5.41, 5.74) is 2.27. The van der Waals surface area contributed by atoms with Crippen molar-refractivity contribution in [1.82, 2.24) is 0 Å². The SMILES string of the molecule is CC1(C)CCCCCC2(C1)C(C)(C)CC2(C)C. The molecule has 2 fully saturated rings. The van der Waals surface area contributed by atoms with Gasteiger partial charge in [-0.1, -0.05) is 60.8 Å². The van der Waals surface area contributed by atoms with Gasteiger partial charge in [0.05, 0.1) is 0 Å². The van der Waals surface area contributed by atoms with Gasteiger partial charge in [0.15, 0.2) is 0 Å². The first-order valence-corrected chi connectivity index (χ1v) is 7.62. The van der Waals surface area contributed by atoms with Crippen LogP contribution in [0.3, 0.4) is 0 Å². The summed E-state index contributed by atoms with van der Waals surface area (Å²) in [6.45, 7) is 15.1. The fraction of sp³-hybridized carbons (Fsp3) is 1.00. The summed E-state index contributed by atoms with van der Waals surface area (Å²) in [7, 11) is 0. The number of rotatable bonds is 0. The summed E-state index contributed by atoms with van der Waals surface area (Å²) in [5.74, 6) is 0. The van der Waals surface area contributed by atoms with Gasteiger partial charge in [-0.05, 0) is 47.3 Å². The van der Waals surface area contributed by atoms with Gasteiger partial charge in [0.2, 0.25) is 0 Å². The van der Waals surface area contributed by atoms with E-state index in [1.165, 1.54) is 44.9 Å². The first kappa shape index (κ1) is 13.4. The molecule has 0 heterocycles. The Bertz CT molecular complexity index is 279. The maximum Gasteiger partial charge on any atom is -0.0190 e. The second kappa shape index (κ2) is 3.75. The lowest BCUT2D eigenvalue weighted by Crippen LogP contribution is -2.62. The molecule has 2 rings (SSSR count). The molecule has 100 valence electrons. The predicted octanol–water partition coefficient (Wildman–Crippen LogP) is 5.81. The van der Waals surface area contributed by atoms with Crippen LogP contribution in [0.1, 0.15) is 86.5 Å². The van der Waals surface area contributed by atoms with E-state index >= 15 is 0 Å². The van der Waals surface area contributed by atoms with E-state index < -0.39 is 0 Å². The second-order valence-corrected chi connectivity index (χ2v) is 8.93. The molecule has 0 amide bonds. The predicted molar refractivity (Wildman–Crippen MR) is 76.1 cm³/mol. The van der Waals surface area contributed by atoms with Crippen molar-refractivity contribution in [3.8, 4) is 0 Å². The second-order valence-electron chi connectivity index (χ2n) is 8.93. The van der Waals surface area contributed by atoms with Crippen molar-refractivity contribution in [2.45, 2.75) is 86.5 Å². The fourth-order valence-corrected chi connectivity index (χ4v) is 5.61. The molecule has 17 heavy (non-hydrogen) atoms. The highest BCUT2D eigenvalue weighted by molar-refractivity contribution is 5.14. The van der Waals surface area contributed by atoms with Crippen LogP contribution in [0.25, 0.3) is 0 Å². The van der Waals surface area contributed by atoms with E-state index in [2.05, 4.69) is 41.5 Å². The Morgan fingerprint density at radius 3 is 1.65 bits per heavy atom.